The number of carbonyl (C=O) groups is 2. The maximum Gasteiger partial charge on any atom is 1.00 e. The molecule has 0 aliphatic heterocycles. The smallest absolute Gasteiger partial charge is 0.550 e. The van der Waals surface area contributed by atoms with E-state index in [1.807, 2.05) is 0 Å². The van der Waals surface area contributed by atoms with Gasteiger partial charge in [-0.05, 0) is 32.1 Å². The first-order valence-electron chi connectivity index (χ1n) is 10.7. The molecule has 0 rings (SSSR count). The molecule has 0 aromatic carbocycles. The topological polar surface area (TPSA) is 60.4 Å². The minimum atomic E-state index is -1.11. The Labute approximate surface area is 189 Å². The summed E-state index contributed by atoms with van der Waals surface area (Å²) in [7, 11) is 1.66. The normalized spacial score (nSPS) is 10.7. The number of allylic oxidation sites excluding steroid dienone is 2. The first-order chi connectivity index (χ1) is 12.6. The fourth-order valence-corrected chi connectivity index (χ4v) is 2.92. The minimum Gasteiger partial charge on any atom is -0.550 e. The van der Waals surface area contributed by atoms with E-state index in [1.165, 1.54) is 75.5 Å². The zero-order valence-corrected chi connectivity index (χ0v) is 20.1. The van der Waals surface area contributed by atoms with Crippen LogP contribution in [0.15, 0.2) is 12.2 Å². The maximum atomic E-state index is 11.8. The quantitative estimate of drug-likeness (QED) is 0.203. The Bertz CT molecular complexity index is 386. The number of aliphatic carboxylic acids is 1. The van der Waals surface area contributed by atoms with E-state index in [1.54, 1.807) is 7.05 Å². The van der Waals surface area contributed by atoms with Gasteiger partial charge in [0, 0.05) is 32.4 Å². The molecule has 0 aliphatic rings. The van der Waals surface area contributed by atoms with Gasteiger partial charge in [0.05, 0.1) is 0 Å². The van der Waals surface area contributed by atoms with E-state index >= 15 is 0 Å². The van der Waals surface area contributed by atoms with Crippen molar-refractivity contribution in [3.8, 4) is 0 Å². The van der Waals surface area contributed by atoms with Gasteiger partial charge in [-0.2, -0.15) is 0 Å². The number of hydrogen-bond donors (Lipinski definition) is 0. The molecule has 0 fully saturated rings. The molecule has 5 heteroatoms. The molecule has 0 aliphatic carbocycles. The maximum absolute atomic E-state index is 11.8. The Morgan fingerprint density at radius 2 is 1.26 bits per heavy atom. The van der Waals surface area contributed by atoms with Crippen LogP contribution in [-0.2, 0) is 9.59 Å². The van der Waals surface area contributed by atoms with Crippen molar-refractivity contribution in [2.24, 2.45) is 0 Å². The van der Waals surface area contributed by atoms with Crippen LogP contribution in [-0.4, -0.2) is 30.4 Å². The summed E-state index contributed by atoms with van der Waals surface area (Å²) in [4.78, 5) is 23.7. The van der Waals surface area contributed by atoms with E-state index in [-0.39, 0.29) is 48.4 Å². The van der Waals surface area contributed by atoms with Gasteiger partial charge in [0.2, 0.25) is 5.91 Å². The first kappa shape index (κ1) is 28.9. The van der Waals surface area contributed by atoms with Crippen molar-refractivity contribution in [1.82, 2.24) is 4.90 Å². The third-order valence-electron chi connectivity index (χ3n) is 4.73. The van der Waals surface area contributed by atoms with Crippen molar-refractivity contribution >= 4 is 11.9 Å². The molecule has 0 heterocycles. The fraction of sp³-hybridized carbons (Fsp3) is 0.818. The molecule has 0 atom stereocenters. The molecule has 0 unspecified atom stereocenters. The van der Waals surface area contributed by atoms with Gasteiger partial charge in [-0.25, -0.2) is 0 Å². The summed E-state index contributed by atoms with van der Waals surface area (Å²) < 4.78 is 0. The second-order valence-corrected chi connectivity index (χ2v) is 7.27. The van der Waals surface area contributed by atoms with Crippen molar-refractivity contribution in [2.45, 2.75) is 103 Å². The molecular weight excluding hydrogens is 349 g/mol. The van der Waals surface area contributed by atoms with Crippen molar-refractivity contribution < 1.29 is 44.3 Å². The predicted octanol–water partition coefficient (Wildman–Crippen LogP) is 1.63. The van der Waals surface area contributed by atoms with Crippen LogP contribution in [0, 0.1) is 0 Å². The van der Waals surface area contributed by atoms with Crippen LogP contribution in [0.1, 0.15) is 103 Å². The van der Waals surface area contributed by atoms with Crippen molar-refractivity contribution in [2.75, 3.05) is 13.6 Å². The molecule has 0 aromatic heterocycles. The second-order valence-electron chi connectivity index (χ2n) is 7.27. The van der Waals surface area contributed by atoms with Crippen molar-refractivity contribution in [3.63, 3.8) is 0 Å². The van der Waals surface area contributed by atoms with Crippen LogP contribution in [0.2, 0.25) is 0 Å². The molecule has 4 nitrogen and oxygen atoms in total. The molecule has 0 aromatic rings. The number of hydrogen-bond acceptors (Lipinski definition) is 3. The third kappa shape index (κ3) is 21.8. The van der Waals surface area contributed by atoms with Gasteiger partial charge in [0.1, 0.15) is 0 Å². The fourth-order valence-electron chi connectivity index (χ4n) is 2.92. The number of carbonyl (C=O) groups excluding carboxylic acids is 2. The van der Waals surface area contributed by atoms with Gasteiger partial charge < -0.3 is 14.8 Å². The minimum absolute atomic E-state index is 0. The second kappa shape index (κ2) is 22.0. The average molecular weight is 390 g/mol. The van der Waals surface area contributed by atoms with Crippen LogP contribution >= 0.6 is 0 Å². The van der Waals surface area contributed by atoms with E-state index in [9.17, 15) is 14.7 Å². The van der Waals surface area contributed by atoms with Crippen molar-refractivity contribution in [1.29, 1.82) is 0 Å². The van der Waals surface area contributed by atoms with Gasteiger partial charge in [-0.1, -0.05) is 70.4 Å². The monoisotopic (exact) mass is 389 g/mol. The van der Waals surface area contributed by atoms with Crippen LogP contribution in [0.4, 0.5) is 0 Å². The molecule has 0 radical (unpaired) electrons. The van der Waals surface area contributed by atoms with Crippen LogP contribution in [0.3, 0.4) is 0 Å². The number of amides is 1. The summed E-state index contributed by atoms with van der Waals surface area (Å²) in [5, 5.41) is 10.4. The molecule has 0 saturated carbocycles. The van der Waals surface area contributed by atoms with Gasteiger partial charge in [0.15, 0.2) is 0 Å². The van der Waals surface area contributed by atoms with E-state index < -0.39 is 5.97 Å². The van der Waals surface area contributed by atoms with Gasteiger partial charge in [0.25, 0.3) is 0 Å². The third-order valence-corrected chi connectivity index (χ3v) is 4.73. The van der Waals surface area contributed by atoms with E-state index in [0.29, 0.717) is 6.42 Å². The predicted molar refractivity (Wildman–Crippen MR) is 107 cm³/mol. The molecular formula is C22H40NNaO3. The molecule has 0 bridgehead atoms. The number of carboxylic acid groups (broad SMARTS) is 1. The molecule has 152 valence electrons. The van der Waals surface area contributed by atoms with Gasteiger partial charge in [-0.3, -0.25) is 4.79 Å². The van der Waals surface area contributed by atoms with Gasteiger partial charge >= 0.3 is 29.6 Å². The standard InChI is InChI=1S/C22H41NO3.Na/c1-3-4-5-6-7-8-9-10-11-12-13-14-15-16-17-18-21(24)23(2)20-19-22(25)26;/h10-11H,3-9,12-20H2,1-2H3,(H,25,26);/q;+1/p-1/b11-10-;. The Kier molecular flexibility index (Phi) is 23.5. The zero-order valence-electron chi connectivity index (χ0n) is 18.1. The molecule has 27 heavy (non-hydrogen) atoms. The summed E-state index contributed by atoms with van der Waals surface area (Å²) in [6.45, 7) is 2.50. The summed E-state index contributed by atoms with van der Waals surface area (Å²) in [5.74, 6) is -1.07. The summed E-state index contributed by atoms with van der Waals surface area (Å²) in [5.41, 5.74) is 0. The van der Waals surface area contributed by atoms with E-state index in [2.05, 4.69) is 19.1 Å². The van der Waals surface area contributed by atoms with Crippen LogP contribution in [0.5, 0.6) is 0 Å². The van der Waals surface area contributed by atoms with Gasteiger partial charge in [-0.15, -0.1) is 0 Å². The number of unbranched alkanes of at least 4 members (excludes halogenated alkanes) is 11. The summed E-state index contributed by atoms with van der Waals surface area (Å²) in [6.07, 6.45) is 21.2. The van der Waals surface area contributed by atoms with Crippen LogP contribution in [0.25, 0.3) is 0 Å². The number of nitrogens with zero attached hydrogens (tertiary/aromatic N) is 1. The largest absolute Gasteiger partial charge is 1.00 e. The van der Waals surface area contributed by atoms with Crippen molar-refractivity contribution in [3.05, 3.63) is 12.2 Å². The first-order valence-corrected chi connectivity index (χ1v) is 10.7. The molecule has 0 spiro atoms. The summed E-state index contributed by atoms with van der Waals surface area (Å²) >= 11 is 0. The Balaban J connectivity index is 0. The molecule has 0 N–H and O–H groups in total. The Hall–Kier alpha value is -0.320. The number of rotatable bonds is 18. The Morgan fingerprint density at radius 3 is 1.78 bits per heavy atom. The summed E-state index contributed by atoms with van der Waals surface area (Å²) in [6, 6.07) is 0. The SMILES string of the molecule is CCCCCCCC/C=C\CCCCCCCC(=O)N(C)CCC(=O)[O-].[Na+]. The molecule has 0 saturated heterocycles. The van der Waals surface area contributed by atoms with E-state index in [0.717, 1.165) is 12.8 Å². The molecule has 1 amide bonds. The number of carboxylic acids is 1. The Morgan fingerprint density at radius 1 is 0.778 bits per heavy atom. The van der Waals surface area contributed by atoms with E-state index in [4.69, 9.17) is 0 Å². The van der Waals surface area contributed by atoms with Crippen LogP contribution < -0.4 is 34.7 Å². The average Bonchev–Trinajstić information content (AvgIpc) is 2.62. The zero-order chi connectivity index (χ0) is 19.5.